The van der Waals surface area contributed by atoms with E-state index in [-0.39, 0.29) is 17.4 Å². The van der Waals surface area contributed by atoms with Gasteiger partial charge in [0.05, 0.1) is 6.04 Å². The lowest BCUT2D eigenvalue weighted by atomic mass is 9.93. The predicted molar refractivity (Wildman–Crippen MR) is 112 cm³/mol. The zero-order chi connectivity index (χ0) is 20.6. The first-order valence-corrected chi connectivity index (χ1v) is 9.81. The first-order chi connectivity index (χ1) is 13.8. The maximum absolute atomic E-state index is 12.3. The Kier molecular flexibility index (Phi) is 5.00. The summed E-state index contributed by atoms with van der Waals surface area (Å²) in [6.07, 6.45) is 2.17. The van der Waals surface area contributed by atoms with Crippen molar-refractivity contribution >= 4 is 29.3 Å². The summed E-state index contributed by atoms with van der Waals surface area (Å²) in [5, 5.41) is 8.05. The van der Waals surface area contributed by atoms with Crippen molar-refractivity contribution < 1.29 is 9.32 Å². The Morgan fingerprint density at radius 3 is 2.69 bits per heavy atom. The van der Waals surface area contributed by atoms with Gasteiger partial charge in [-0.05, 0) is 42.7 Å². The van der Waals surface area contributed by atoms with Crippen LogP contribution >= 0.6 is 11.6 Å². The molecule has 0 radical (unpaired) electrons. The average molecular weight is 412 g/mol. The molecular weight excluding hydrogens is 390 g/mol. The van der Waals surface area contributed by atoms with E-state index in [0.29, 0.717) is 35.5 Å². The minimum absolute atomic E-state index is 0.0539. The molecule has 1 aliphatic heterocycles. The maximum Gasteiger partial charge on any atom is 0.228 e. The average Bonchev–Trinajstić information content (AvgIpc) is 3.27. The molecule has 150 valence electrons. The minimum Gasteiger partial charge on any atom is -0.356 e. The summed E-state index contributed by atoms with van der Waals surface area (Å²) < 4.78 is 5.46. The molecule has 7 nitrogen and oxygen atoms in total. The van der Waals surface area contributed by atoms with Crippen molar-refractivity contribution in [3.8, 4) is 11.3 Å². The second-order valence-electron chi connectivity index (χ2n) is 8.05. The van der Waals surface area contributed by atoms with Gasteiger partial charge >= 0.3 is 0 Å². The number of carbonyl (C=O) groups is 1. The van der Waals surface area contributed by atoms with Gasteiger partial charge in [-0.25, -0.2) is 4.98 Å². The Bertz CT molecular complexity index is 1030. The standard InChI is InChI=1S/C21H22ClN5O2/c1-13(16-10-17(29-26-16)14-4-6-15(22)7-5-14)24-20-23-9-8-18(25-20)27-12-21(2,3)11-19(27)28/h4-10,13H,11-12H2,1-3H3,(H,23,24,25)/t13-/m0/s1. The number of rotatable bonds is 5. The molecule has 29 heavy (non-hydrogen) atoms. The number of benzene rings is 1. The fraction of sp³-hybridized carbons (Fsp3) is 0.333. The number of carbonyl (C=O) groups excluding carboxylic acids is 1. The van der Waals surface area contributed by atoms with Crippen LogP contribution in [0.3, 0.4) is 0 Å². The van der Waals surface area contributed by atoms with Crippen LogP contribution in [-0.2, 0) is 4.79 Å². The summed E-state index contributed by atoms with van der Waals surface area (Å²) in [5.74, 6) is 1.78. The van der Waals surface area contributed by atoms with Crippen molar-refractivity contribution in [2.75, 3.05) is 16.8 Å². The van der Waals surface area contributed by atoms with Crippen molar-refractivity contribution in [3.63, 3.8) is 0 Å². The largest absolute Gasteiger partial charge is 0.356 e. The van der Waals surface area contributed by atoms with Gasteiger partial charge in [-0.2, -0.15) is 4.98 Å². The first-order valence-electron chi connectivity index (χ1n) is 9.43. The van der Waals surface area contributed by atoms with E-state index in [1.165, 1.54) is 0 Å². The van der Waals surface area contributed by atoms with Crippen LogP contribution in [-0.4, -0.2) is 27.6 Å². The van der Waals surface area contributed by atoms with E-state index in [1.807, 2.05) is 25.1 Å². The smallest absolute Gasteiger partial charge is 0.228 e. The van der Waals surface area contributed by atoms with Crippen LogP contribution in [0.15, 0.2) is 47.1 Å². The molecule has 4 rings (SSSR count). The van der Waals surface area contributed by atoms with Gasteiger partial charge in [0.1, 0.15) is 11.5 Å². The summed E-state index contributed by atoms with van der Waals surface area (Å²) in [7, 11) is 0. The van der Waals surface area contributed by atoms with E-state index in [1.54, 1.807) is 29.3 Å². The number of amides is 1. The van der Waals surface area contributed by atoms with E-state index < -0.39 is 0 Å². The molecule has 1 N–H and O–H groups in total. The summed E-state index contributed by atoms with van der Waals surface area (Å²) in [4.78, 5) is 22.8. The van der Waals surface area contributed by atoms with Gasteiger partial charge in [0.25, 0.3) is 0 Å². The number of hydrogen-bond donors (Lipinski definition) is 1. The fourth-order valence-electron chi connectivity index (χ4n) is 3.37. The zero-order valence-electron chi connectivity index (χ0n) is 16.5. The summed E-state index contributed by atoms with van der Waals surface area (Å²) >= 11 is 5.93. The summed E-state index contributed by atoms with van der Waals surface area (Å²) in [6, 6.07) is 10.8. The highest BCUT2D eigenvalue weighted by molar-refractivity contribution is 6.30. The minimum atomic E-state index is -0.180. The Labute approximate surface area is 174 Å². The van der Waals surface area contributed by atoms with Crippen LogP contribution in [0.2, 0.25) is 5.02 Å². The molecule has 0 spiro atoms. The molecule has 8 heteroatoms. The second kappa shape index (κ2) is 7.48. The van der Waals surface area contributed by atoms with Crippen molar-refractivity contribution in [2.24, 2.45) is 5.41 Å². The number of nitrogens with one attached hydrogen (secondary N) is 1. The number of halogens is 1. The van der Waals surface area contributed by atoms with Crippen LogP contribution in [0, 0.1) is 5.41 Å². The predicted octanol–water partition coefficient (Wildman–Crippen LogP) is 4.72. The van der Waals surface area contributed by atoms with Gasteiger partial charge < -0.3 is 9.84 Å². The molecule has 1 aliphatic rings. The van der Waals surface area contributed by atoms with Crippen LogP contribution in [0.4, 0.5) is 11.8 Å². The van der Waals surface area contributed by atoms with Crippen LogP contribution in [0.1, 0.15) is 38.9 Å². The van der Waals surface area contributed by atoms with Crippen LogP contribution in [0.25, 0.3) is 11.3 Å². The number of nitrogens with zero attached hydrogens (tertiary/aromatic N) is 4. The van der Waals surface area contributed by atoms with Crippen molar-refractivity contribution in [1.82, 2.24) is 15.1 Å². The van der Waals surface area contributed by atoms with Crippen LogP contribution in [0.5, 0.6) is 0 Å². The normalized spacial score (nSPS) is 16.8. The third kappa shape index (κ3) is 4.24. The molecule has 1 fully saturated rings. The summed E-state index contributed by atoms with van der Waals surface area (Å²) in [6.45, 7) is 6.75. The molecule has 1 atom stereocenters. The van der Waals surface area contributed by atoms with Crippen molar-refractivity contribution in [2.45, 2.75) is 33.2 Å². The maximum atomic E-state index is 12.3. The molecule has 0 saturated carbocycles. The molecule has 0 unspecified atom stereocenters. The zero-order valence-corrected chi connectivity index (χ0v) is 17.3. The Morgan fingerprint density at radius 1 is 1.24 bits per heavy atom. The SMILES string of the molecule is C[C@H](Nc1nccc(N2CC(C)(C)CC2=O)n1)c1cc(-c2ccc(Cl)cc2)on1. The van der Waals surface area contributed by atoms with E-state index in [4.69, 9.17) is 16.1 Å². The third-order valence-corrected chi connectivity index (χ3v) is 5.13. The topological polar surface area (TPSA) is 84.2 Å². The number of aromatic nitrogens is 3. The Morgan fingerprint density at radius 2 is 2.00 bits per heavy atom. The highest BCUT2D eigenvalue weighted by Crippen LogP contribution is 2.33. The van der Waals surface area contributed by atoms with Gasteiger partial charge in [-0.1, -0.05) is 30.6 Å². The number of hydrogen-bond acceptors (Lipinski definition) is 6. The highest BCUT2D eigenvalue weighted by atomic mass is 35.5. The molecule has 3 aromatic rings. The molecule has 1 amide bonds. The molecule has 3 heterocycles. The molecule has 1 saturated heterocycles. The lowest BCUT2D eigenvalue weighted by Gasteiger charge is -2.19. The van der Waals surface area contributed by atoms with Gasteiger partial charge in [0.15, 0.2) is 5.76 Å². The van der Waals surface area contributed by atoms with Crippen molar-refractivity contribution in [1.29, 1.82) is 0 Å². The highest BCUT2D eigenvalue weighted by Gasteiger charge is 2.37. The molecule has 1 aromatic carbocycles. The van der Waals surface area contributed by atoms with Crippen molar-refractivity contribution in [3.05, 3.63) is 53.3 Å². The third-order valence-electron chi connectivity index (χ3n) is 4.88. The fourth-order valence-corrected chi connectivity index (χ4v) is 3.49. The van der Waals surface area contributed by atoms with E-state index in [9.17, 15) is 4.79 Å². The van der Waals surface area contributed by atoms with E-state index >= 15 is 0 Å². The van der Waals surface area contributed by atoms with Gasteiger partial charge in [-0.3, -0.25) is 9.69 Å². The van der Waals surface area contributed by atoms with E-state index in [0.717, 1.165) is 11.3 Å². The summed E-state index contributed by atoms with van der Waals surface area (Å²) in [5.41, 5.74) is 1.57. The number of anilines is 2. The monoisotopic (exact) mass is 411 g/mol. The second-order valence-corrected chi connectivity index (χ2v) is 8.48. The molecule has 2 aromatic heterocycles. The van der Waals surface area contributed by atoms with Crippen LogP contribution < -0.4 is 10.2 Å². The quantitative estimate of drug-likeness (QED) is 0.653. The van der Waals surface area contributed by atoms with Gasteiger partial charge in [0.2, 0.25) is 11.9 Å². The lowest BCUT2D eigenvalue weighted by molar-refractivity contribution is -0.117. The Hall–Kier alpha value is -2.93. The first kappa shape index (κ1) is 19.4. The van der Waals surface area contributed by atoms with E-state index in [2.05, 4.69) is 34.3 Å². The Balaban J connectivity index is 1.49. The molecule has 0 aliphatic carbocycles. The van der Waals surface area contributed by atoms with Gasteiger partial charge in [-0.15, -0.1) is 0 Å². The molecular formula is C21H22ClN5O2. The molecule has 0 bridgehead atoms. The van der Waals surface area contributed by atoms with Gasteiger partial charge in [0, 0.05) is 35.8 Å². The lowest BCUT2D eigenvalue weighted by Crippen LogP contribution is -2.27.